The first-order valence-corrected chi connectivity index (χ1v) is 7.42. The number of amides is 1. The van der Waals surface area contributed by atoms with Crippen LogP contribution in [0.25, 0.3) is 10.8 Å². The molecule has 0 aromatic heterocycles. The second-order valence-electron chi connectivity index (χ2n) is 5.66. The van der Waals surface area contributed by atoms with Crippen LogP contribution in [-0.4, -0.2) is 42.1 Å². The van der Waals surface area contributed by atoms with Crippen LogP contribution in [0.4, 0.5) is 0 Å². The summed E-state index contributed by atoms with van der Waals surface area (Å²) in [5.41, 5.74) is 0.858. The van der Waals surface area contributed by atoms with Crippen molar-refractivity contribution in [3.63, 3.8) is 0 Å². The summed E-state index contributed by atoms with van der Waals surface area (Å²) in [7, 11) is 3.14. The predicted molar refractivity (Wildman–Crippen MR) is 88.8 cm³/mol. The molecule has 0 heterocycles. The van der Waals surface area contributed by atoms with Crippen LogP contribution in [0, 0.1) is 0 Å². The van der Waals surface area contributed by atoms with Gasteiger partial charge in [0.1, 0.15) is 11.8 Å². The molecule has 1 amide bonds. The van der Waals surface area contributed by atoms with Crippen LogP contribution in [0.2, 0.25) is 0 Å². The van der Waals surface area contributed by atoms with Crippen LogP contribution in [0.5, 0.6) is 5.75 Å². The predicted octanol–water partition coefficient (Wildman–Crippen LogP) is 2.88. The number of carbonyl (C=O) groups is 2. The van der Waals surface area contributed by atoms with E-state index in [2.05, 4.69) is 0 Å². The van der Waals surface area contributed by atoms with Crippen molar-refractivity contribution in [1.82, 2.24) is 4.90 Å². The first-order valence-electron chi connectivity index (χ1n) is 7.42. The third-order valence-electron chi connectivity index (χ3n) is 4.23. The molecule has 0 fully saturated rings. The fourth-order valence-corrected chi connectivity index (χ4v) is 2.44. The highest BCUT2D eigenvalue weighted by molar-refractivity contribution is 5.90. The standard InChI is InChI=1S/C18H21NO4/c1-11(17(20)19(3)12(2)18(21)22)13-5-6-15-10-16(23-4)8-7-14(15)9-13/h5-12H,1-4H3,(H,21,22). The molecule has 23 heavy (non-hydrogen) atoms. The molecule has 2 atom stereocenters. The summed E-state index contributed by atoms with van der Waals surface area (Å²) in [5.74, 6) is -0.857. The summed E-state index contributed by atoms with van der Waals surface area (Å²) in [5, 5.41) is 11.1. The number of aliphatic carboxylic acids is 1. The summed E-state index contributed by atoms with van der Waals surface area (Å²) in [6.07, 6.45) is 0. The van der Waals surface area contributed by atoms with E-state index in [1.807, 2.05) is 36.4 Å². The van der Waals surface area contributed by atoms with E-state index in [4.69, 9.17) is 9.84 Å². The van der Waals surface area contributed by atoms with E-state index < -0.39 is 17.9 Å². The fraction of sp³-hybridized carbons (Fsp3) is 0.333. The molecule has 5 heteroatoms. The highest BCUT2D eigenvalue weighted by Crippen LogP contribution is 2.26. The van der Waals surface area contributed by atoms with Gasteiger partial charge < -0.3 is 14.7 Å². The van der Waals surface area contributed by atoms with Gasteiger partial charge in [0.15, 0.2) is 0 Å². The van der Waals surface area contributed by atoms with Crippen LogP contribution in [0.3, 0.4) is 0 Å². The number of methoxy groups -OCH3 is 1. The van der Waals surface area contributed by atoms with Gasteiger partial charge in [-0.05, 0) is 42.3 Å². The van der Waals surface area contributed by atoms with Gasteiger partial charge in [0.2, 0.25) is 5.91 Å². The lowest BCUT2D eigenvalue weighted by molar-refractivity contribution is -0.148. The van der Waals surface area contributed by atoms with Crippen molar-refractivity contribution >= 4 is 22.6 Å². The van der Waals surface area contributed by atoms with Crippen molar-refractivity contribution in [3.05, 3.63) is 42.0 Å². The maximum atomic E-state index is 12.5. The van der Waals surface area contributed by atoms with E-state index in [1.54, 1.807) is 14.0 Å². The lowest BCUT2D eigenvalue weighted by atomic mass is 9.96. The largest absolute Gasteiger partial charge is 0.497 e. The SMILES string of the molecule is COc1ccc2cc(C(C)C(=O)N(C)C(C)C(=O)O)ccc2c1. The minimum atomic E-state index is -1.02. The second kappa shape index (κ2) is 6.69. The first kappa shape index (κ1) is 16.8. The molecule has 0 saturated heterocycles. The third-order valence-corrected chi connectivity index (χ3v) is 4.23. The molecule has 2 aromatic carbocycles. The number of benzene rings is 2. The molecule has 0 bridgehead atoms. The van der Waals surface area contributed by atoms with E-state index in [0.717, 1.165) is 22.1 Å². The van der Waals surface area contributed by atoms with E-state index >= 15 is 0 Å². The average Bonchev–Trinajstić information content (AvgIpc) is 2.57. The molecule has 0 aliphatic heterocycles. The van der Waals surface area contributed by atoms with Gasteiger partial charge in [0.05, 0.1) is 13.0 Å². The lowest BCUT2D eigenvalue weighted by Gasteiger charge is -2.25. The van der Waals surface area contributed by atoms with E-state index in [0.29, 0.717) is 0 Å². The van der Waals surface area contributed by atoms with Crippen LogP contribution in [0.15, 0.2) is 36.4 Å². The Morgan fingerprint density at radius 3 is 2.30 bits per heavy atom. The molecule has 0 aliphatic carbocycles. The van der Waals surface area contributed by atoms with Crippen molar-refractivity contribution in [2.24, 2.45) is 0 Å². The Kier molecular flexibility index (Phi) is 4.89. The van der Waals surface area contributed by atoms with Gasteiger partial charge in [-0.3, -0.25) is 4.79 Å². The minimum absolute atomic E-state index is 0.215. The zero-order valence-electron chi connectivity index (χ0n) is 13.7. The molecule has 0 aliphatic rings. The van der Waals surface area contributed by atoms with E-state index in [-0.39, 0.29) is 5.91 Å². The van der Waals surface area contributed by atoms with Crippen molar-refractivity contribution in [1.29, 1.82) is 0 Å². The molecule has 2 aromatic rings. The van der Waals surface area contributed by atoms with Crippen molar-refractivity contribution < 1.29 is 19.4 Å². The average molecular weight is 315 g/mol. The second-order valence-corrected chi connectivity index (χ2v) is 5.66. The Hall–Kier alpha value is -2.56. The van der Waals surface area contributed by atoms with Crippen molar-refractivity contribution in [2.45, 2.75) is 25.8 Å². The number of carbonyl (C=O) groups excluding carboxylic acids is 1. The molecule has 2 unspecified atom stereocenters. The Morgan fingerprint density at radius 1 is 1.09 bits per heavy atom. The third kappa shape index (κ3) is 3.44. The van der Waals surface area contributed by atoms with Crippen molar-refractivity contribution in [2.75, 3.05) is 14.2 Å². The van der Waals surface area contributed by atoms with Gasteiger partial charge in [-0.25, -0.2) is 4.79 Å². The molecule has 0 radical (unpaired) electrons. The summed E-state index contributed by atoms with van der Waals surface area (Å²) in [4.78, 5) is 24.8. The zero-order chi connectivity index (χ0) is 17.1. The van der Waals surface area contributed by atoms with Gasteiger partial charge >= 0.3 is 5.97 Å². The quantitative estimate of drug-likeness (QED) is 0.921. The molecule has 2 rings (SSSR count). The van der Waals surface area contributed by atoms with E-state index in [9.17, 15) is 9.59 Å². The number of likely N-dealkylation sites (N-methyl/N-ethyl adjacent to an activating group) is 1. The Morgan fingerprint density at radius 2 is 1.70 bits per heavy atom. The first-order chi connectivity index (χ1) is 10.8. The van der Waals surface area contributed by atoms with Gasteiger partial charge in [-0.2, -0.15) is 0 Å². The minimum Gasteiger partial charge on any atom is -0.497 e. The zero-order valence-corrected chi connectivity index (χ0v) is 13.7. The number of nitrogens with zero attached hydrogens (tertiary/aromatic N) is 1. The number of hydrogen-bond acceptors (Lipinski definition) is 3. The maximum Gasteiger partial charge on any atom is 0.326 e. The topological polar surface area (TPSA) is 66.8 Å². The van der Waals surface area contributed by atoms with Gasteiger partial charge in [-0.15, -0.1) is 0 Å². The highest BCUT2D eigenvalue weighted by Gasteiger charge is 2.26. The molecule has 5 nitrogen and oxygen atoms in total. The smallest absolute Gasteiger partial charge is 0.326 e. The maximum absolute atomic E-state index is 12.5. The Bertz CT molecular complexity index is 741. The number of carboxylic acid groups (broad SMARTS) is 1. The van der Waals surface area contributed by atoms with Crippen LogP contribution < -0.4 is 4.74 Å². The molecule has 0 saturated carbocycles. The Balaban J connectivity index is 2.28. The molecule has 0 spiro atoms. The monoisotopic (exact) mass is 315 g/mol. The summed E-state index contributed by atoms with van der Waals surface area (Å²) < 4.78 is 5.20. The normalized spacial score (nSPS) is 13.4. The van der Waals surface area contributed by atoms with Crippen LogP contribution in [0.1, 0.15) is 25.3 Å². The highest BCUT2D eigenvalue weighted by atomic mass is 16.5. The lowest BCUT2D eigenvalue weighted by Crippen LogP contribution is -2.42. The summed E-state index contributed by atoms with van der Waals surface area (Å²) in [6, 6.07) is 10.7. The van der Waals surface area contributed by atoms with Gasteiger partial charge in [0.25, 0.3) is 0 Å². The van der Waals surface area contributed by atoms with Crippen LogP contribution >= 0.6 is 0 Å². The van der Waals surface area contributed by atoms with Gasteiger partial charge in [0, 0.05) is 7.05 Å². The number of hydrogen-bond donors (Lipinski definition) is 1. The number of ether oxygens (including phenoxy) is 1. The van der Waals surface area contributed by atoms with Gasteiger partial charge in [-0.1, -0.05) is 24.3 Å². The van der Waals surface area contributed by atoms with Crippen LogP contribution in [-0.2, 0) is 9.59 Å². The Labute approximate surface area is 135 Å². The summed E-state index contributed by atoms with van der Waals surface area (Å²) >= 11 is 0. The number of rotatable bonds is 5. The molecular formula is C18H21NO4. The molecule has 1 N–H and O–H groups in total. The number of carboxylic acids is 1. The molecule has 122 valence electrons. The fourth-order valence-electron chi connectivity index (χ4n) is 2.44. The van der Waals surface area contributed by atoms with E-state index in [1.165, 1.54) is 18.9 Å². The summed E-state index contributed by atoms with van der Waals surface area (Å²) in [6.45, 7) is 3.29. The van der Waals surface area contributed by atoms with Crippen molar-refractivity contribution in [3.8, 4) is 5.75 Å². The molecular weight excluding hydrogens is 294 g/mol. The number of fused-ring (bicyclic) bond motifs is 1.